The molecule has 2 N–H and O–H groups in total. The normalized spacial score (nSPS) is 40.2. The van der Waals surface area contributed by atoms with Gasteiger partial charge in [0.25, 0.3) is 5.22 Å². The molecule has 4 aliphatic rings. The van der Waals surface area contributed by atoms with Crippen LogP contribution in [0.15, 0.2) is 51.8 Å². The van der Waals surface area contributed by atoms with Gasteiger partial charge < -0.3 is 14.6 Å². The van der Waals surface area contributed by atoms with Crippen LogP contribution in [-0.4, -0.2) is 49.2 Å². The minimum absolute atomic E-state index is 0.0131. The first-order valence-electron chi connectivity index (χ1n) is 12.4. The second-order valence-electron chi connectivity index (χ2n) is 11.1. The van der Waals surface area contributed by atoms with E-state index in [4.69, 9.17) is 4.42 Å². The van der Waals surface area contributed by atoms with Crippen LogP contribution in [0.3, 0.4) is 0 Å². The minimum Gasteiger partial charge on any atom is -0.430 e. The van der Waals surface area contributed by atoms with Gasteiger partial charge in [-0.25, -0.2) is 4.98 Å². The zero-order valence-electron chi connectivity index (χ0n) is 19.9. The number of ketones is 2. The van der Waals surface area contributed by atoms with Crippen LogP contribution in [-0.2, 0) is 9.59 Å². The van der Waals surface area contributed by atoms with E-state index >= 15 is 0 Å². The van der Waals surface area contributed by atoms with E-state index in [0.29, 0.717) is 29.3 Å². The second-order valence-corrected chi connectivity index (χ2v) is 12.1. The van der Waals surface area contributed by atoms with Crippen LogP contribution in [0.25, 0.3) is 11.2 Å². The molecule has 4 aliphatic carbocycles. The molecule has 7 atom stereocenters. The summed E-state index contributed by atoms with van der Waals surface area (Å²) in [6.45, 7) is 4.12. The molecule has 0 amide bonds. The highest BCUT2D eigenvalue weighted by Gasteiger charge is 2.68. The van der Waals surface area contributed by atoms with Crippen LogP contribution in [0.5, 0.6) is 0 Å². The molecule has 184 valence electrons. The molecule has 2 aromatic heterocycles. The van der Waals surface area contributed by atoms with Crippen LogP contribution in [0.1, 0.15) is 46.0 Å². The summed E-state index contributed by atoms with van der Waals surface area (Å²) in [7, 11) is 0. The zero-order valence-corrected chi connectivity index (χ0v) is 20.8. The highest BCUT2D eigenvalue weighted by Crippen LogP contribution is 2.67. The molecule has 0 bridgehead atoms. The third kappa shape index (κ3) is 3.26. The number of pyridine rings is 1. The van der Waals surface area contributed by atoms with Gasteiger partial charge in [0.15, 0.2) is 22.8 Å². The molecule has 8 heteroatoms. The van der Waals surface area contributed by atoms with Gasteiger partial charge in [-0.15, -0.1) is 0 Å². The van der Waals surface area contributed by atoms with Crippen LogP contribution in [0.4, 0.5) is 0 Å². The Kier molecular flexibility index (Phi) is 5.19. The van der Waals surface area contributed by atoms with E-state index in [0.717, 1.165) is 24.8 Å². The Labute approximate surface area is 208 Å². The van der Waals surface area contributed by atoms with Crippen molar-refractivity contribution in [1.82, 2.24) is 9.97 Å². The number of carbonyl (C=O) groups excluding carboxylic acids is 2. The van der Waals surface area contributed by atoms with Crippen molar-refractivity contribution in [3.05, 3.63) is 42.1 Å². The Morgan fingerprint density at radius 3 is 2.94 bits per heavy atom. The molecule has 2 aromatic rings. The van der Waals surface area contributed by atoms with Crippen LogP contribution in [0.2, 0.25) is 0 Å². The fourth-order valence-corrected chi connectivity index (χ4v) is 8.64. The van der Waals surface area contributed by atoms with E-state index in [1.807, 2.05) is 13.0 Å². The summed E-state index contributed by atoms with van der Waals surface area (Å²) >= 11 is 1.18. The van der Waals surface area contributed by atoms with Gasteiger partial charge in [0.1, 0.15) is 5.60 Å². The van der Waals surface area contributed by atoms with E-state index in [1.165, 1.54) is 11.8 Å². The lowest BCUT2D eigenvalue weighted by Crippen LogP contribution is -2.61. The zero-order chi connectivity index (χ0) is 24.6. The quantitative estimate of drug-likeness (QED) is 0.616. The standard InChI is InChI=1S/C27H30N2O5S/c1-25-9-7-16(30)12-15(25)5-6-17-18-8-10-27(33,26(18,2)13-19(31)22(17)25)21(32)14-35-24-29-23-20(34-24)4-3-11-28-23/h3-4,7,9,11-12,17-19,22,31,33H,5-6,8,10,13-14H2,1-2H3/t17?,18?,19-,22?,25?,26?,27-/m0/s1. The summed E-state index contributed by atoms with van der Waals surface area (Å²) < 4.78 is 5.68. The largest absolute Gasteiger partial charge is 0.430 e. The number of nitrogens with zero attached hydrogens (tertiary/aromatic N) is 2. The highest BCUT2D eigenvalue weighted by molar-refractivity contribution is 7.99. The van der Waals surface area contributed by atoms with Crippen molar-refractivity contribution in [2.45, 2.75) is 62.9 Å². The number of hydrogen-bond acceptors (Lipinski definition) is 8. The number of aliphatic hydroxyl groups excluding tert-OH is 1. The van der Waals surface area contributed by atoms with Gasteiger partial charge in [0, 0.05) is 22.9 Å². The number of thioether (sulfide) groups is 1. The Morgan fingerprint density at radius 1 is 1.31 bits per heavy atom. The van der Waals surface area contributed by atoms with Gasteiger partial charge in [-0.3, -0.25) is 9.59 Å². The van der Waals surface area contributed by atoms with Gasteiger partial charge in [-0.1, -0.05) is 37.3 Å². The predicted octanol–water partition coefficient (Wildman–Crippen LogP) is 3.89. The summed E-state index contributed by atoms with van der Waals surface area (Å²) in [6.07, 6.45) is 9.49. The van der Waals surface area contributed by atoms with Crippen molar-refractivity contribution in [3.8, 4) is 0 Å². The molecule has 0 aromatic carbocycles. The molecule has 0 aliphatic heterocycles. The van der Waals surface area contributed by atoms with E-state index in [2.05, 4.69) is 16.9 Å². The van der Waals surface area contributed by atoms with Crippen molar-refractivity contribution >= 4 is 34.6 Å². The lowest BCUT2D eigenvalue weighted by Gasteiger charge is -2.59. The molecule has 5 unspecified atom stereocenters. The van der Waals surface area contributed by atoms with E-state index in [9.17, 15) is 19.8 Å². The molecule has 0 spiro atoms. The Balaban J connectivity index is 1.25. The summed E-state index contributed by atoms with van der Waals surface area (Å²) in [5.41, 5.74) is -0.418. The molecular formula is C27H30N2O5S. The number of rotatable bonds is 4. The molecular weight excluding hydrogens is 464 g/mol. The number of aromatic nitrogens is 2. The van der Waals surface area contributed by atoms with Gasteiger partial charge in [0.05, 0.1) is 11.9 Å². The maximum Gasteiger partial charge on any atom is 0.258 e. The number of allylic oxidation sites excluding steroid dienone is 4. The summed E-state index contributed by atoms with van der Waals surface area (Å²) in [5.74, 6) is 0.113. The van der Waals surface area contributed by atoms with Crippen molar-refractivity contribution in [2.75, 3.05) is 5.75 Å². The fourth-order valence-electron chi connectivity index (χ4n) is 7.85. The molecule has 0 saturated heterocycles. The summed E-state index contributed by atoms with van der Waals surface area (Å²) in [6, 6.07) is 3.54. The van der Waals surface area contributed by atoms with Crippen molar-refractivity contribution in [2.24, 2.45) is 28.6 Å². The number of hydrogen-bond donors (Lipinski definition) is 2. The maximum absolute atomic E-state index is 13.5. The molecule has 3 fully saturated rings. The molecule has 0 radical (unpaired) electrons. The molecule has 2 heterocycles. The average molecular weight is 495 g/mol. The highest BCUT2D eigenvalue weighted by atomic mass is 32.2. The number of carbonyl (C=O) groups is 2. The maximum atomic E-state index is 13.5. The predicted molar refractivity (Wildman–Crippen MR) is 130 cm³/mol. The lowest BCUT2D eigenvalue weighted by molar-refractivity contribution is -0.174. The average Bonchev–Trinajstić information content (AvgIpc) is 3.36. The number of oxazole rings is 1. The van der Waals surface area contributed by atoms with Crippen LogP contribution >= 0.6 is 11.8 Å². The van der Waals surface area contributed by atoms with Gasteiger partial charge >= 0.3 is 0 Å². The third-order valence-corrected chi connectivity index (χ3v) is 10.4. The minimum atomic E-state index is -1.50. The first-order chi connectivity index (χ1) is 16.7. The SMILES string of the molecule is CC12C=CC(=O)C=C1CCC1C2[C@@H](O)CC2(C)C1CC[C@]2(O)C(=O)CSc1nc2ncccc2o1. The Morgan fingerprint density at radius 2 is 2.14 bits per heavy atom. The Bertz CT molecular complexity index is 1250. The topological polar surface area (TPSA) is 114 Å². The van der Waals surface area contributed by atoms with Crippen LogP contribution in [0, 0.1) is 28.6 Å². The van der Waals surface area contributed by atoms with E-state index in [1.54, 1.807) is 30.5 Å². The number of Topliss-reactive ketones (excluding diaryl/α,β-unsaturated/α-hetero) is 1. The second kappa shape index (κ2) is 7.85. The van der Waals surface area contributed by atoms with Gasteiger partial charge in [-0.2, -0.15) is 4.98 Å². The monoisotopic (exact) mass is 494 g/mol. The number of fused-ring (bicyclic) bond motifs is 6. The Hall–Kier alpha value is -2.29. The first kappa shape index (κ1) is 23.1. The molecule has 35 heavy (non-hydrogen) atoms. The number of aliphatic hydroxyl groups is 2. The van der Waals surface area contributed by atoms with Gasteiger partial charge in [0.2, 0.25) is 0 Å². The van der Waals surface area contributed by atoms with Crippen LogP contribution < -0.4 is 0 Å². The molecule has 7 nitrogen and oxygen atoms in total. The van der Waals surface area contributed by atoms with E-state index < -0.39 is 17.1 Å². The van der Waals surface area contributed by atoms with Gasteiger partial charge in [-0.05, 0) is 68.2 Å². The molecule has 3 saturated carbocycles. The summed E-state index contributed by atoms with van der Waals surface area (Å²) in [5, 5.41) is 23.7. The summed E-state index contributed by atoms with van der Waals surface area (Å²) in [4.78, 5) is 34.0. The van der Waals surface area contributed by atoms with Crippen molar-refractivity contribution in [1.29, 1.82) is 0 Å². The van der Waals surface area contributed by atoms with E-state index in [-0.39, 0.29) is 40.5 Å². The lowest BCUT2D eigenvalue weighted by atomic mass is 9.46. The molecule has 6 rings (SSSR count). The first-order valence-corrected chi connectivity index (χ1v) is 13.4. The fraction of sp³-hybridized carbons (Fsp3) is 0.556. The van der Waals surface area contributed by atoms with Crippen molar-refractivity contribution in [3.63, 3.8) is 0 Å². The van der Waals surface area contributed by atoms with Crippen molar-refractivity contribution < 1.29 is 24.2 Å². The smallest absolute Gasteiger partial charge is 0.258 e. The third-order valence-electron chi connectivity index (χ3n) is 9.58.